The molecule has 0 saturated carbocycles. The van der Waals surface area contributed by atoms with Crippen molar-refractivity contribution in [2.45, 2.75) is 32.1 Å². The second-order valence-corrected chi connectivity index (χ2v) is 4.84. The predicted octanol–water partition coefficient (Wildman–Crippen LogP) is 3.75. The van der Waals surface area contributed by atoms with E-state index in [1.807, 2.05) is 30.3 Å². The van der Waals surface area contributed by atoms with Gasteiger partial charge in [-0.15, -0.1) is 0 Å². The molecule has 3 rings (SSSR count). The lowest BCUT2D eigenvalue weighted by Gasteiger charge is -2.12. The molecule has 18 heavy (non-hydrogen) atoms. The monoisotopic (exact) mass is 240 g/mol. The molecule has 2 nitrogen and oxygen atoms in total. The smallest absolute Gasteiger partial charge is 0.336 e. The van der Waals surface area contributed by atoms with Crippen molar-refractivity contribution in [2.24, 2.45) is 0 Å². The van der Waals surface area contributed by atoms with Crippen LogP contribution in [-0.2, 0) is 6.42 Å². The maximum atomic E-state index is 11.7. The normalized spacial score (nSPS) is 17.7. The maximum absolute atomic E-state index is 11.7. The molecule has 0 saturated heterocycles. The SMILES string of the molecule is CC[C@H]1CCc2cc(=O)oc(-c3ccccc3)c21. The number of fused-ring (bicyclic) bond motifs is 1. The second kappa shape index (κ2) is 4.45. The molecule has 1 heterocycles. The Bertz CT molecular complexity index is 611. The quantitative estimate of drug-likeness (QED) is 0.800. The molecule has 92 valence electrons. The van der Waals surface area contributed by atoms with Gasteiger partial charge in [-0.25, -0.2) is 4.79 Å². The van der Waals surface area contributed by atoms with Crippen molar-refractivity contribution in [3.05, 3.63) is 57.9 Å². The Morgan fingerprint density at radius 3 is 2.78 bits per heavy atom. The van der Waals surface area contributed by atoms with Gasteiger partial charge < -0.3 is 4.42 Å². The van der Waals surface area contributed by atoms with E-state index in [-0.39, 0.29) is 5.63 Å². The molecular weight excluding hydrogens is 224 g/mol. The van der Waals surface area contributed by atoms with Crippen LogP contribution in [0.15, 0.2) is 45.6 Å². The highest BCUT2D eigenvalue weighted by Crippen LogP contribution is 2.40. The third-order valence-electron chi connectivity index (χ3n) is 3.78. The van der Waals surface area contributed by atoms with Crippen LogP contribution in [0.3, 0.4) is 0 Å². The Morgan fingerprint density at radius 1 is 1.28 bits per heavy atom. The van der Waals surface area contributed by atoms with E-state index in [4.69, 9.17) is 4.42 Å². The van der Waals surface area contributed by atoms with Crippen molar-refractivity contribution in [1.82, 2.24) is 0 Å². The van der Waals surface area contributed by atoms with E-state index in [0.29, 0.717) is 5.92 Å². The fourth-order valence-corrected chi connectivity index (χ4v) is 2.89. The van der Waals surface area contributed by atoms with Crippen molar-refractivity contribution < 1.29 is 4.42 Å². The van der Waals surface area contributed by atoms with Gasteiger partial charge in [0.25, 0.3) is 0 Å². The molecule has 1 atom stereocenters. The van der Waals surface area contributed by atoms with Crippen LogP contribution >= 0.6 is 0 Å². The van der Waals surface area contributed by atoms with Crippen LogP contribution in [0, 0.1) is 0 Å². The molecule has 0 N–H and O–H groups in total. The van der Waals surface area contributed by atoms with Crippen LogP contribution in [0.2, 0.25) is 0 Å². The number of hydrogen-bond donors (Lipinski definition) is 0. The van der Waals surface area contributed by atoms with Gasteiger partial charge in [-0.2, -0.15) is 0 Å². The highest BCUT2D eigenvalue weighted by atomic mass is 16.4. The zero-order valence-corrected chi connectivity index (χ0v) is 10.5. The van der Waals surface area contributed by atoms with E-state index in [9.17, 15) is 4.79 Å². The molecule has 2 aromatic rings. The van der Waals surface area contributed by atoms with E-state index >= 15 is 0 Å². The summed E-state index contributed by atoms with van der Waals surface area (Å²) in [6, 6.07) is 11.6. The van der Waals surface area contributed by atoms with Gasteiger partial charge in [0.05, 0.1) is 0 Å². The lowest BCUT2D eigenvalue weighted by atomic mass is 9.95. The second-order valence-electron chi connectivity index (χ2n) is 4.84. The first kappa shape index (κ1) is 11.3. The molecule has 1 aliphatic rings. The zero-order chi connectivity index (χ0) is 12.5. The summed E-state index contributed by atoms with van der Waals surface area (Å²) in [4.78, 5) is 11.7. The Morgan fingerprint density at radius 2 is 2.06 bits per heavy atom. The molecule has 0 radical (unpaired) electrons. The van der Waals surface area contributed by atoms with Gasteiger partial charge >= 0.3 is 5.63 Å². The zero-order valence-electron chi connectivity index (χ0n) is 10.5. The fraction of sp³-hybridized carbons (Fsp3) is 0.312. The minimum Gasteiger partial charge on any atom is -0.422 e. The first-order valence-corrected chi connectivity index (χ1v) is 6.52. The molecule has 0 amide bonds. The van der Waals surface area contributed by atoms with Crippen LogP contribution in [0.25, 0.3) is 11.3 Å². The van der Waals surface area contributed by atoms with E-state index in [0.717, 1.165) is 30.6 Å². The van der Waals surface area contributed by atoms with Gasteiger partial charge in [0.15, 0.2) is 0 Å². The minimum absolute atomic E-state index is 0.232. The van der Waals surface area contributed by atoms with E-state index in [1.165, 1.54) is 11.1 Å². The van der Waals surface area contributed by atoms with Crippen molar-refractivity contribution in [1.29, 1.82) is 0 Å². The van der Waals surface area contributed by atoms with Gasteiger partial charge in [-0.3, -0.25) is 0 Å². The number of benzene rings is 1. The predicted molar refractivity (Wildman–Crippen MR) is 71.8 cm³/mol. The average molecular weight is 240 g/mol. The van der Waals surface area contributed by atoms with Crippen molar-refractivity contribution in [3.8, 4) is 11.3 Å². The summed E-state index contributed by atoms with van der Waals surface area (Å²) in [5.41, 5.74) is 3.21. The highest BCUT2D eigenvalue weighted by Gasteiger charge is 2.26. The lowest BCUT2D eigenvalue weighted by molar-refractivity contribution is 0.513. The van der Waals surface area contributed by atoms with Gasteiger partial charge in [0, 0.05) is 17.2 Å². The topological polar surface area (TPSA) is 30.2 Å². The van der Waals surface area contributed by atoms with E-state index in [2.05, 4.69) is 6.92 Å². The lowest BCUT2D eigenvalue weighted by Crippen LogP contribution is -2.04. The maximum Gasteiger partial charge on any atom is 0.336 e. The number of aryl methyl sites for hydroxylation is 1. The Labute approximate surface area is 106 Å². The van der Waals surface area contributed by atoms with Gasteiger partial charge in [0.1, 0.15) is 5.76 Å². The van der Waals surface area contributed by atoms with Crippen LogP contribution in [-0.4, -0.2) is 0 Å². The molecule has 0 unspecified atom stereocenters. The summed E-state index contributed by atoms with van der Waals surface area (Å²) in [7, 11) is 0. The van der Waals surface area contributed by atoms with Crippen LogP contribution in [0.4, 0.5) is 0 Å². The third kappa shape index (κ3) is 1.78. The summed E-state index contributed by atoms with van der Waals surface area (Å²) in [5.74, 6) is 1.31. The molecule has 0 bridgehead atoms. The molecule has 2 heteroatoms. The molecule has 1 aliphatic carbocycles. The summed E-state index contributed by atoms with van der Waals surface area (Å²) < 4.78 is 5.48. The Hall–Kier alpha value is -1.83. The molecule has 0 fully saturated rings. The summed E-state index contributed by atoms with van der Waals surface area (Å²) >= 11 is 0. The molecule has 0 spiro atoms. The van der Waals surface area contributed by atoms with E-state index in [1.54, 1.807) is 6.07 Å². The summed E-state index contributed by atoms with van der Waals surface area (Å²) in [6.07, 6.45) is 3.23. The van der Waals surface area contributed by atoms with Gasteiger partial charge in [0.2, 0.25) is 0 Å². The third-order valence-corrected chi connectivity index (χ3v) is 3.78. The molecule has 1 aromatic heterocycles. The standard InChI is InChI=1S/C16H16O2/c1-2-11-8-9-13-10-14(17)18-16(15(11)13)12-6-4-3-5-7-12/h3-7,10-11H,2,8-9H2,1H3/t11-/m0/s1. The Balaban J connectivity index is 2.24. The van der Waals surface area contributed by atoms with Crippen molar-refractivity contribution in [3.63, 3.8) is 0 Å². The molecule has 0 aliphatic heterocycles. The highest BCUT2D eigenvalue weighted by molar-refractivity contribution is 5.64. The van der Waals surface area contributed by atoms with Gasteiger partial charge in [-0.1, -0.05) is 37.3 Å². The number of rotatable bonds is 2. The summed E-state index contributed by atoms with van der Waals surface area (Å²) in [6.45, 7) is 2.19. The van der Waals surface area contributed by atoms with Gasteiger partial charge in [-0.05, 0) is 30.7 Å². The van der Waals surface area contributed by atoms with E-state index < -0.39 is 0 Å². The van der Waals surface area contributed by atoms with Crippen molar-refractivity contribution >= 4 is 0 Å². The number of hydrogen-bond acceptors (Lipinski definition) is 2. The van der Waals surface area contributed by atoms with Crippen molar-refractivity contribution in [2.75, 3.05) is 0 Å². The molecule has 1 aromatic carbocycles. The first-order chi connectivity index (χ1) is 8.79. The minimum atomic E-state index is -0.232. The van der Waals surface area contributed by atoms with Crippen LogP contribution < -0.4 is 5.63 Å². The van der Waals surface area contributed by atoms with Crippen LogP contribution in [0.1, 0.15) is 36.8 Å². The fourth-order valence-electron chi connectivity index (χ4n) is 2.89. The largest absolute Gasteiger partial charge is 0.422 e. The summed E-state index contributed by atoms with van der Waals surface area (Å²) in [5, 5.41) is 0. The average Bonchev–Trinajstić information content (AvgIpc) is 2.81. The van der Waals surface area contributed by atoms with Crippen LogP contribution in [0.5, 0.6) is 0 Å². The first-order valence-electron chi connectivity index (χ1n) is 6.52. The molecular formula is C16H16O2. The Kier molecular flexibility index (Phi) is 2.78.